The van der Waals surface area contributed by atoms with Gasteiger partial charge in [0.15, 0.2) is 0 Å². The molecule has 1 aliphatic rings. The third kappa shape index (κ3) is 3.81. The average Bonchev–Trinajstić information content (AvgIpc) is 2.30. The summed E-state index contributed by atoms with van der Waals surface area (Å²) in [4.78, 5) is 23.1. The second-order valence-electron chi connectivity index (χ2n) is 4.03. The number of carbonyl (C=O) groups is 2. The van der Waals surface area contributed by atoms with Crippen LogP contribution < -0.4 is 10.6 Å². The third-order valence-electron chi connectivity index (χ3n) is 2.67. The highest BCUT2D eigenvalue weighted by molar-refractivity contribution is 5.85. The zero-order chi connectivity index (χ0) is 12.0. The maximum atomic E-state index is 11.8. The smallest absolute Gasteiger partial charge is 0.328 e. The van der Waals surface area contributed by atoms with Crippen molar-refractivity contribution in [2.75, 3.05) is 19.7 Å². The average molecular weight is 228 g/mol. The van der Waals surface area contributed by atoms with Crippen LogP contribution in [-0.2, 0) is 14.3 Å². The summed E-state index contributed by atoms with van der Waals surface area (Å²) in [7, 11) is 0. The number of hydrogen-bond donors (Lipinski definition) is 2. The molecule has 1 unspecified atom stereocenters. The molecule has 0 radical (unpaired) electrons. The van der Waals surface area contributed by atoms with Gasteiger partial charge < -0.3 is 15.4 Å². The Morgan fingerprint density at radius 1 is 1.56 bits per heavy atom. The van der Waals surface area contributed by atoms with Crippen LogP contribution in [0, 0.1) is 5.92 Å². The van der Waals surface area contributed by atoms with E-state index in [0.717, 1.165) is 19.4 Å². The minimum Gasteiger partial charge on any atom is -0.464 e. The fourth-order valence-electron chi connectivity index (χ4n) is 1.73. The Morgan fingerprint density at radius 3 is 2.88 bits per heavy atom. The summed E-state index contributed by atoms with van der Waals surface area (Å²) < 4.78 is 4.82. The van der Waals surface area contributed by atoms with Crippen LogP contribution in [0.15, 0.2) is 0 Å². The first-order valence-corrected chi connectivity index (χ1v) is 5.83. The molecule has 2 atom stereocenters. The van der Waals surface area contributed by atoms with Gasteiger partial charge in [0.05, 0.1) is 12.5 Å². The minimum absolute atomic E-state index is 0.0226. The third-order valence-corrected chi connectivity index (χ3v) is 2.67. The van der Waals surface area contributed by atoms with Gasteiger partial charge in [-0.1, -0.05) is 0 Å². The van der Waals surface area contributed by atoms with E-state index in [9.17, 15) is 9.59 Å². The molecule has 1 amide bonds. The van der Waals surface area contributed by atoms with Crippen LogP contribution in [0.25, 0.3) is 0 Å². The monoisotopic (exact) mass is 228 g/mol. The van der Waals surface area contributed by atoms with E-state index in [2.05, 4.69) is 10.6 Å². The number of hydrogen-bond acceptors (Lipinski definition) is 4. The predicted octanol–water partition coefficient (Wildman–Crippen LogP) is 0.0538. The number of carbonyl (C=O) groups excluding carboxylic acids is 2. The fraction of sp³-hybridized carbons (Fsp3) is 0.818. The number of piperidine rings is 1. The van der Waals surface area contributed by atoms with Crippen molar-refractivity contribution in [3.05, 3.63) is 0 Å². The number of esters is 1. The van der Waals surface area contributed by atoms with E-state index < -0.39 is 6.04 Å². The molecule has 0 aromatic rings. The van der Waals surface area contributed by atoms with Crippen molar-refractivity contribution >= 4 is 11.9 Å². The van der Waals surface area contributed by atoms with Gasteiger partial charge in [0.2, 0.25) is 5.91 Å². The molecule has 1 fully saturated rings. The largest absolute Gasteiger partial charge is 0.464 e. The van der Waals surface area contributed by atoms with Gasteiger partial charge in [-0.05, 0) is 33.2 Å². The predicted molar refractivity (Wildman–Crippen MR) is 59.8 cm³/mol. The summed E-state index contributed by atoms with van der Waals surface area (Å²) in [5.74, 6) is -0.460. The molecule has 1 saturated heterocycles. The lowest BCUT2D eigenvalue weighted by Gasteiger charge is -2.23. The van der Waals surface area contributed by atoms with Gasteiger partial charge in [0.25, 0.3) is 0 Å². The SMILES string of the molecule is CCOC(=O)C(C)NC(=O)[C@H]1CCCNC1. The molecule has 1 rings (SSSR count). The minimum atomic E-state index is -0.561. The van der Waals surface area contributed by atoms with Crippen LogP contribution in [-0.4, -0.2) is 37.6 Å². The molecular weight excluding hydrogens is 208 g/mol. The van der Waals surface area contributed by atoms with Crippen LogP contribution >= 0.6 is 0 Å². The van der Waals surface area contributed by atoms with Gasteiger partial charge in [-0.15, -0.1) is 0 Å². The van der Waals surface area contributed by atoms with Gasteiger partial charge in [0, 0.05) is 6.54 Å². The molecule has 5 heteroatoms. The van der Waals surface area contributed by atoms with Crippen molar-refractivity contribution in [1.82, 2.24) is 10.6 Å². The van der Waals surface area contributed by atoms with E-state index >= 15 is 0 Å². The molecule has 5 nitrogen and oxygen atoms in total. The Morgan fingerprint density at radius 2 is 2.31 bits per heavy atom. The highest BCUT2D eigenvalue weighted by Gasteiger charge is 2.24. The molecule has 92 valence electrons. The maximum absolute atomic E-state index is 11.8. The van der Waals surface area contributed by atoms with E-state index in [-0.39, 0.29) is 17.8 Å². The first kappa shape index (κ1) is 13.0. The molecule has 0 bridgehead atoms. The summed E-state index contributed by atoms with van der Waals surface area (Å²) in [6.07, 6.45) is 1.89. The number of ether oxygens (including phenoxy) is 1. The lowest BCUT2D eigenvalue weighted by molar-refractivity contribution is -0.147. The second kappa shape index (κ2) is 6.48. The van der Waals surface area contributed by atoms with E-state index in [1.54, 1.807) is 13.8 Å². The summed E-state index contributed by atoms with van der Waals surface area (Å²) in [5, 5.41) is 5.85. The molecular formula is C11H20N2O3. The number of rotatable bonds is 4. The van der Waals surface area contributed by atoms with Crippen molar-refractivity contribution < 1.29 is 14.3 Å². The lowest BCUT2D eigenvalue weighted by atomic mass is 9.98. The highest BCUT2D eigenvalue weighted by Crippen LogP contribution is 2.10. The summed E-state index contributed by atoms with van der Waals surface area (Å²) in [6.45, 7) is 5.40. The van der Waals surface area contributed by atoms with Crippen LogP contribution in [0.4, 0.5) is 0 Å². The van der Waals surface area contributed by atoms with E-state index in [1.165, 1.54) is 0 Å². The van der Waals surface area contributed by atoms with Crippen LogP contribution in [0.2, 0.25) is 0 Å². The Balaban J connectivity index is 2.34. The number of nitrogens with one attached hydrogen (secondary N) is 2. The fourth-order valence-corrected chi connectivity index (χ4v) is 1.73. The summed E-state index contributed by atoms with van der Waals surface area (Å²) >= 11 is 0. The molecule has 0 aromatic heterocycles. The van der Waals surface area contributed by atoms with Crippen molar-refractivity contribution in [2.45, 2.75) is 32.7 Å². The first-order chi connectivity index (χ1) is 7.65. The standard InChI is InChI=1S/C11H20N2O3/c1-3-16-11(15)8(2)13-10(14)9-5-4-6-12-7-9/h8-9,12H,3-7H2,1-2H3,(H,13,14)/t8?,9-/m0/s1. The van der Waals surface area contributed by atoms with Gasteiger partial charge in [-0.25, -0.2) is 4.79 Å². The van der Waals surface area contributed by atoms with Crippen LogP contribution in [0.1, 0.15) is 26.7 Å². The van der Waals surface area contributed by atoms with E-state index in [0.29, 0.717) is 13.2 Å². The zero-order valence-electron chi connectivity index (χ0n) is 9.91. The molecule has 2 N–H and O–H groups in total. The van der Waals surface area contributed by atoms with Crippen molar-refractivity contribution in [2.24, 2.45) is 5.92 Å². The highest BCUT2D eigenvalue weighted by atomic mass is 16.5. The van der Waals surface area contributed by atoms with Crippen molar-refractivity contribution in [3.8, 4) is 0 Å². The quantitative estimate of drug-likeness (QED) is 0.667. The normalized spacial score (nSPS) is 22.2. The Hall–Kier alpha value is -1.10. The molecule has 16 heavy (non-hydrogen) atoms. The summed E-state index contributed by atoms with van der Waals surface area (Å²) in [6, 6.07) is -0.561. The van der Waals surface area contributed by atoms with E-state index in [1.807, 2.05) is 0 Å². The summed E-state index contributed by atoms with van der Waals surface area (Å²) in [5.41, 5.74) is 0. The van der Waals surface area contributed by atoms with E-state index in [4.69, 9.17) is 4.74 Å². The van der Waals surface area contributed by atoms with Crippen molar-refractivity contribution in [1.29, 1.82) is 0 Å². The van der Waals surface area contributed by atoms with Gasteiger partial charge in [0.1, 0.15) is 6.04 Å². The Kier molecular flexibility index (Phi) is 5.25. The second-order valence-corrected chi connectivity index (χ2v) is 4.03. The Bertz CT molecular complexity index is 250. The lowest BCUT2D eigenvalue weighted by Crippen LogP contribution is -2.46. The van der Waals surface area contributed by atoms with Crippen LogP contribution in [0.3, 0.4) is 0 Å². The molecule has 0 aromatic carbocycles. The van der Waals surface area contributed by atoms with Gasteiger partial charge in [-0.2, -0.15) is 0 Å². The molecule has 0 aliphatic carbocycles. The maximum Gasteiger partial charge on any atom is 0.328 e. The van der Waals surface area contributed by atoms with Crippen molar-refractivity contribution in [3.63, 3.8) is 0 Å². The molecule has 1 heterocycles. The molecule has 0 spiro atoms. The van der Waals surface area contributed by atoms with Gasteiger partial charge in [-0.3, -0.25) is 4.79 Å². The van der Waals surface area contributed by atoms with Crippen LogP contribution in [0.5, 0.6) is 0 Å². The number of amides is 1. The topological polar surface area (TPSA) is 67.4 Å². The van der Waals surface area contributed by atoms with Gasteiger partial charge >= 0.3 is 5.97 Å². The first-order valence-electron chi connectivity index (χ1n) is 5.83. The molecule has 0 saturated carbocycles. The molecule has 1 aliphatic heterocycles. The Labute approximate surface area is 95.9 Å². The zero-order valence-corrected chi connectivity index (χ0v) is 9.91.